The van der Waals surface area contributed by atoms with E-state index >= 15 is 0 Å². The normalized spacial score (nSPS) is 11.9. The van der Waals surface area contributed by atoms with E-state index in [-0.39, 0.29) is 0 Å². The van der Waals surface area contributed by atoms with Gasteiger partial charge < -0.3 is 5.11 Å². The smallest absolute Gasteiger partial charge is 0.336 e. The first-order valence-corrected chi connectivity index (χ1v) is 9.91. The zero-order valence-corrected chi connectivity index (χ0v) is 16.4. The Hall–Kier alpha value is -2.61. The van der Waals surface area contributed by atoms with Gasteiger partial charge in [0.05, 0.1) is 5.57 Å². The van der Waals surface area contributed by atoms with Crippen LogP contribution in [0.5, 0.6) is 0 Å². The first kappa shape index (κ1) is 20.7. The highest BCUT2D eigenvalue weighted by Gasteiger charge is 2.09. The van der Waals surface area contributed by atoms with E-state index in [1.54, 1.807) is 12.2 Å². The highest BCUT2D eigenvalue weighted by Crippen LogP contribution is 2.24. The third-order valence-electron chi connectivity index (χ3n) is 4.74. The van der Waals surface area contributed by atoms with Crippen molar-refractivity contribution in [3.05, 3.63) is 77.9 Å². The lowest BCUT2D eigenvalue weighted by atomic mass is 9.98. The zero-order chi connectivity index (χ0) is 19.5. The number of carboxylic acids is 1. The van der Waals surface area contributed by atoms with Crippen LogP contribution in [0.25, 0.3) is 16.7 Å². The van der Waals surface area contributed by atoms with Crippen LogP contribution in [0.15, 0.2) is 66.8 Å². The first-order valence-electron chi connectivity index (χ1n) is 9.91. The van der Waals surface area contributed by atoms with E-state index in [0.29, 0.717) is 11.1 Å². The summed E-state index contributed by atoms with van der Waals surface area (Å²) in [7, 11) is 0. The number of hydrogen-bond acceptors (Lipinski definition) is 1. The summed E-state index contributed by atoms with van der Waals surface area (Å²) in [5.41, 5.74) is 4.66. The maximum atomic E-state index is 11.4. The molecule has 0 atom stereocenters. The number of unbranched alkanes of at least 4 members (excludes halogenated alkanes) is 4. The van der Waals surface area contributed by atoms with Crippen molar-refractivity contribution in [2.75, 3.05) is 0 Å². The molecule has 0 saturated heterocycles. The van der Waals surface area contributed by atoms with Crippen molar-refractivity contribution in [3.8, 4) is 11.1 Å². The largest absolute Gasteiger partial charge is 0.478 e. The second-order valence-corrected chi connectivity index (χ2v) is 6.85. The van der Waals surface area contributed by atoms with Crippen molar-refractivity contribution in [1.29, 1.82) is 0 Å². The lowest BCUT2D eigenvalue weighted by Gasteiger charge is -2.07. The van der Waals surface area contributed by atoms with Gasteiger partial charge in [-0.2, -0.15) is 0 Å². The van der Waals surface area contributed by atoms with E-state index in [0.717, 1.165) is 17.5 Å². The van der Waals surface area contributed by atoms with Crippen molar-refractivity contribution >= 4 is 11.5 Å². The molecule has 0 radical (unpaired) electrons. The second-order valence-electron chi connectivity index (χ2n) is 6.85. The number of allylic oxidation sites excluding steroid dienone is 3. The molecular weight excluding hydrogens is 332 g/mol. The molecule has 0 fully saturated rings. The summed E-state index contributed by atoms with van der Waals surface area (Å²) in [5.74, 6) is -0.913. The molecule has 0 aliphatic carbocycles. The molecule has 2 aromatic carbocycles. The predicted molar refractivity (Wildman–Crippen MR) is 115 cm³/mol. The highest BCUT2D eigenvalue weighted by atomic mass is 16.4. The standard InChI is InChI=1S/C25H30O2/c1-3-5-7-8-9-10-20-12-14-21(15-13-20)22-16-18-23(19-17-22)24(25(26)27)11-6-4-2/h4,6,11-19H,3,5,7-10H2,1-2H3,(H,26,27)/b6-4+,24-11+. The molecule has 0 aliphatic heterocycles. The second kappa shape index (κ2) is 11.2. The molecule has 0 saturated carbocycles. The number of aliphatic carboxylic acids is 1. The number of benzene rings is 2. The Labute approximate surface area is 163 Å². The van der Waals surface area contributed by atoms with Crippen molar-refractivity contribution in [2.24, 2.45) is 0 Å². The third kappa shape index (κ3) is 6.56. The average Bonchev–Trinajstić information content (AvgIpc) is 2.69. The topological polar surface area (TPSA) is 37.3 Å². The van der Waals surface area contributed by atoms with Gasteiger partial charge in [0.2, 0.25) is 0 Å². The molecule has 0 aromatic heterocycles. The molecule has 2 aromatic rings. The number of rotatable bonds is 10. The Morgan fingerprint density at radius 3 is 2.04 bits per heavy atom. The van der Waals surface area contributed by atoms with Crippen LogP contribution in [-0.4, -0.2) is 11.1 Å². The molecule has 2 rings (SSSR count). The minimum absolute atomic E-state index is 0.304. The van der Waals surface area contributed by atoms with Gasteiger partial charge in [-0.05, 0) is 48.1 Å². The van der Waals surface area contributed by atoms with Crippen LogP contribution in [0, 0.1) is 0 Å². The molecule has 27 heavy (non-hydrogen) atoms. The first-order chi connectivity index (χ1) is 13.2. The van der Waals surface area contributed by atoms with Crippen molar-refractivity contribution in [2.45, 2.75) is 52.4 Å². The minimum Gasteiger partial charge on any atom is -0.478 e. The van der Waals surface area contributed by atoms with Gasteiger partial charge in [-0.1, -0.05) is 93.3 Å². The van der Waals surface area contributed by atoms with Gasteiger partial charge in [-0.25, -0.2) is 4.79 Å². The van der Waals surface area contributed by atoms with E-state index in [2.05, 4.69) is 31.2 Å². The van der Waals surface area contributed by atoms with Gasteiger partial charge in [0, 0.05) is 0 Å². The number of hydrogen-bond donors (Lipinski definition) is 1. The molecule has 2 nitrogen and oxygen atoms in total. The summed E-state index contributed by atoms with van der Waals surface area (Å²) in [5, 5.41) is 9.39. The van der Waals surface area contributed by atoms with E-state index in [1.807, 2.05) is 37.3 Å². The molecule has 0 amide bonds. The Balaban J connectivity index is 2.03. The van der Waals surface area contributed by atoms with E-state index in [1.165, 1.54) is 37.7 Å². The highest BCUT2D eigenvalue weighted by molar-refractivity contribution is 6.15. The van der Waals surface area contributed by atoms with Crippen LogP contribution in [0.1, 0.15) is 57.1 Å². The summed E-state index contributed by atoms with van der Waals surface area (Å²) < 4.78 is 0. The Morgan fingerprint density at radius 1 is 0.889 bits per heavy atom. The SMILES string of the molecule is C/C=C/C=C(/C(=O)O)c1ccc(-c2ccc(CCCCCCC)cc2)cc1. The van der Waals surface area contributed by atoms with Crippen molar-refractivity contribution in [3.63, 3.8) is 0 Å². The summed E-state index contributed by atoms with van der Waals surface area (Å²) in [6, 6.07) is 16.5. The molecule has 0 bridgehead atoms. The maximum Gasteiger partial charge on any atom is 0.336 e. The lowest BCUT2D eigenvalue weighted by molar-refractivity contribution is -0.130. The number of carboxylic acid groups (broad SMARTS) is 1. The molecule has 1 N–H and O–H groups in total. The maximum absolute atomic E-state index is 11.4. The summed E-state index contributed by atoms with van der Waals surface area (Å²) >= 11 is 0. The molecule has 0 spiro atoms. The van der Waals surface area contributed by atoms with Crippen LogP contribution in [0.4, 0.5) is 0 Å². The Morgan fingerprint density at radius 2 is 1.48 bits per heavy atom. The quantitative estimate of drug-likeness (QED) is 0.283. The van der Waals surface area contributed by atoms with Gasteiger partial charge in [0.15, 0.2) is 0 Å². The summed E-state index contributed by atoms with van der Waals surface area (Å²) in [6.45, 7) is 4.11. The number of aryl methyl sites for hydroxylation is 1. The summed E-state index contributed by atoms with van der Waals surface area (Å²) in [6.07, 6.45) is 12.9. The monoisotopic (exact) mass is 362 g/mol. The van der Waals surface area contributed by atoms with Crippen LogP contribution >= 0.6 is 0 Å². The van der Waals surface area contributed by atoms with E-state index in [4.69, 9.17) is 0 Å². The van der Waals surface area contributed by atoms with Crippen LogP contribution < -0.4 is 0 Å². The van der Waals surface area contributed by atoms with Crippen LogP contribution in [0.2, 0.25) is 0 Å². The van der Waals surface area contributed by atoms with Gasteiger partial charge >= 0.3 is 5.97 Å². The van der Waals surface area contributed by atoms with E-state index in [9.17, 15) is 9.90 Å². The van der Waals surface area contributed by atoms with Gasteiger partial charge in [0.1, 0.15) is 0 Å². The number of carbonyl (C=O) groups is 1. The summed E-state index contributed by atoms with van der Waals surface area (Å²) in [4.78, 5) is 11.4. The fourth-order valence-electron chi connectivity index (χ4n) is 3.12. The average molecular weight is 363 g/mol. The van der Waals surface area contributed by atoms with E-state index < -0.39 is 5.97 Å². The van der Waals surface area contributed by atoms with Gasteiger partial charge in [0.25, 0.3) is 0 Å². The molecule has 0 heterocycles. The van der Waals surface area contributed by atoms with Gasteiger partial charge in [-0.3, -0.25) is 0 Å². The fraction of sp³-hybridized carbons (Fsp3) is 0.320. The van der Waals surface area contributed by atoms with Crippen molar-refractivity contribution < 1.29 is 9.90 Å². The fourth-order valence-corrected chi connectivity index (χ4v) is 3.12. The van der Waals surface area contributed by atoms with Gasteiger partial charge in [-0.15, -0.1) is 0 Å². The van der Waals surface area contributed by atoms with Crippen molar-refractivity contribution in [1.82, 2.24) is 0 Å². The zero-order valence-electron chi connectivity index (χ0n) is 16.4. The molecule has 2 heteroatoms. The predicted octanol–water partition coefficient (Wildman–Crippen LogP) is 6.91. The molecular formula is C25H30O2. The lowest BCUT2D eigenvalue weighted by Crippen LogP contribution is -1.99. The van der Waals surface area contributed by atoms with Crippen LogP contribution in [0.3, 0.4) is 0 Å². The molecule has 142 valence electrons. The third-order valence-corrected chi connectivity index (χ3v) is 4.74. The molecule has 0 aliphatic rings. The molecule has 0 unspecified atom stereocenters. The Kier molecular flexibility index (Phi) is 8.57. The van der Waals surface area contributed by atoms with Crippen LogP contribution in [-0.2, 0) is 11.2 Å². The Bertz CT molecular complexity index is 765. The minimum atomic E-state index is -0.913.